The first-order valence-electron chi connectivity index (χ1n) is 8.14. The smallest absolute Gasteiger partial charge is 0.203 e. The molecule has 3 atom stereocenters. The maximum atomic E-state index is 12.3. The molecule has 3 N–H and O–H groups in total. The second-order valence-electron chi connectivity index (χ2n) is 6.40. The molecular weight excluding hydrogens is 368 g/mol. The quantitative estimate of drug-likeness (QED) is 0.461. The third-order valence-electron chi connectivity index (χ3n) is 4.11. The summed E-state index contributed by atoms with van der Waals surface area (Å²) in [4.78, 5) is 10.1. The lowest BCUT2D eigenvalue weighted by Gasteiger charge is -2.23. The van der Waals surface area contributed by atoms with Gasteiger partial charge < -0.3 is 15.3 Å². The number of halogens is 2. The first-order valence-corrected chi connectivity index (χ1v) is 10.9. The fourth-order valence-electron chi connectivity index (χ4n) is 2.93. The number of aliphatic hydroxyl groups excluding tert-OH is 1. The predicted octanol–water partition coefficient (Wildman–Crippen LogP) is 4.07. The SMILES string of the molecule is O=P(O)(CC1CC=CCC1)C[C@H](O)CNCc1ccc(Cl)c(Cl)c1. The largest absolute Gasteiger partial charge is 0.391 e. The van der Waals surface area contributed by atoms with Crippen molar-refractivity contribution in [1.82, 2.24) is 5.32 Å². The molecule has 0 aliphatic heterocycles. The van der Waals surface area contributed by atoms with Gasteiger partial charge in [0.25, 0.3) is 0 Å². The first kappa shape index (κ1) is 20.0. The van der Waals surface area contributed by atoms with Gasteiger partial charge in [-0.05, 0) is 42.9 Å². The Kier molecular flexibility index (Phi) is 7.80. The van der Waals surface area contributed by atoms with Crippen LogP contribution in [-0.2, 0) is 11.1 Å². The van der Waals surface area contributed by atoms with Gasteiger partial charge in [0.1, 0.15) is 0 Å². The molecule has 0 aromatic heterocycles. The number of allylic oxidation sites excluding steroid dienone is 2. The molecule has 0 amide bonds. The summed E-state index contributed by atoms with van der Waals surface area (Å²) in [6.07, 6.45) is 6.34. The highest BCUT2D eigenvalue weighted by molar-refractivity contribution is 7.58. The Bertz CT molecular complexity index is 624. The van der Waals surface area contributed by atoms with Crippen LogP contribution in [0.3, 0.4) is 0 Å². The normalized spacial score (nSPS) is 21.4. The monoisotopic (exact) mass is 391 g/mol. The number of hydrogen-bond donors (Lipinski definition) is 3. The molecular formula is C17H24Cl2NO3P. The number of aliphatic hydroxyl groups is 1. The summed E-state index contributed by atoms with van der Waals surface area (Å²) in [5.74, 6) is 0.252. The Labute approximate surface area is 153 Å². The average molecular weight is 392 g/mol. The number of benzene rings is 1. The minimum atomic E-state index is -3.31. The van der Waals surface area contributed by atoms with Crippen LogP contribution in [0.25, 0.3) is 0 Å². The van der Waals surface area contributed by atoms with Gasteiger partial charge in [-0.2, -0.15) is 0 Å². The van der Waals surface area contributed by atoms with E-state index < -0.39 is 13.5 Å². The Balaban J connectivity index is 1.73. The molecule has 0 heterocycles. The molecule has 1 aliphatic carbocycles. The van der Waals surface area contributed by atoms with Gasteiger partial charge in [0.2, 0.25) is 7.37 Å². The summed E-state index contributed by atoms with van der Waals surface area (Å²) in [6.45, 7) is 0.770. The van der Waals surface area contributed by atoms with E-state index in [1.807, 2.05) is 6.07 Å². The maximum absolute atomic E-state index is 12.3. The van der Waals surface area contributed by atoms with E-state index in [0.717, 1.165) is 24.8 Å². The van der Waals surface area contributed by atoms with Gasteiger partial charge in [-0.3, -0.25) is 4.57 Å². The summed E-state index contributed by atoms with van der Waals surface area (Å²) >= 11 is 11.8. The van der Waals surface area contributed by atoms with Gasteiger partial charge in [0, 0.05) is 19.3 Å². The van der Waals surface area contributed by atoms with E-state index in [-0.39, 0.29) is 18.6 Å². The summed E-state index contributed by atoms with van der Waals surface area (Å²) in [7, 11) is -3.31. The van der Waals surface area contributed by atoms with Crippen LogP contribution in [0.2, 0.25) is 10.0 Å². The van der Waals surface area contributed by atoms with Gasteiger partial charge >= 0.3 is 0 Å². The minimum absolute atomic E-state index is 0.0679. The predicted molar refractivity (Wildman–Crippen MR) is 100 cm³/mol. The van der Waals surface area contributed by atoms with Gasteiger partial charge in [0.15, 0.2) is 0 Å². The lowest BCUT2D eigenvalue weighted by Crippen LogP contribution is -2.30. The lowest BCUT2D eigenvalue weighted by molar-refractivity contribution is 0.190. The van der Waals surface area contributed by atoms with Crippen LogP contribution < -0.4 is 5.32 Å². The molecule has 1 aromatic rings. The van der Waals surface area contributed by atoms with Gasteiger partial charge in [-0.15, -0.1) is 0 Å². The van der Waals surface area contributed by atoms with E-state index in [2.05, 4.69) is 17.5 Å². The van der Waals surface area contributed by atoms with Crippen LogP contribution in [0.15, 0.2) is 30.4 Å². The molecule has 0 saturated carbocycles. The highest BCUT2D eigenvalue weighted by atomic mass is 35.5. The number of rotatable bonds is 8. The molecule has 134 valence electrons. The third kappa shape index (κ3) is 6.87. The van der Waals surface area contributed by atoms with E-state index >= 15 is 0 Å². The van der Waals surface area contributed by atoms with E-state index in [4.69, 9.17) is 23.2 Å². The van der Waals surface area contributed by atoms with Crippen molar-refractivity contribution in [1.29, 1.82) is 0 Å². The van der Waals surface area contributed by atoms with Crippen molar-refractivity contribution < 1.29 is 14.6 Å². The molecule has 2 rings (SSSR count). The van der Waals surface area contributed by atoms with Crippen LogP contribution in [0.5, 0.6) is 0 Å². The Hall–Kier alpha value is -0.350. The van der Waals surface area contributed by atoms with Crippen molar-refractivity contribution in [2.45, 2.75) is 31.9 Å². The summed E-state index contributed by atoms with van der Waals surface area (Å²) in [6, 6.07) is 5.33. The Morgan fingerprint density at radius 1 is 1.29 bits per heavy atom. The van der Waals surface area contributed by atoms with Crippen molar-refractivity contribution in [3.63, 3.8) is 0 Å². The van der Waals surface area contributed by atoms with Gasteiger partial charge in [-0.1, -0.05) is 41.4 Å². The molecule has 24 heavy (non-hydrogen) atoms. The fourth-order valence-corrected chi connectivity index (χ4v) is 5.32. The van der Waals surface area contributed by atoms with E-state index in [0.29, 0.717) is 22.8 Å². The van der Waals surface area contributed by atoms with Crippen LogP contribution in [-0.4, -0.2) is 35.0 Å². The Morgan fingerprint density at radius 2 is 2.08 bits per heavy atom. The highest BCUT2D eigenvalue weighted by Gasteiger charge is 2.27. The van der Waals surface area contributed by atoms with Crippen LogP contribution in [0, 0.1) is 5.92 Å². The topological polar surface area (TPSA) is 69.6 Å². The second kappa shape index (κ2) is 9.38. The number of nitrogens with one attached hydrogen (secondary N) is 1. The van der Waals surface area contributed by atoms with Crippen LogP contribution in [0.4, 0.5) is 0 Å². The summed E-state index contributed by atoms with van der Waals surface area (Å²) < 4.78 is 12.3. The zero-order valence-corrected chi connectivity index (χ0v) is 15.9. The first-order chi connectivity index (χ1) is 11.4. The Morgan fingerprint density at radius 3 is 2.75 bits per heavy atom. The maximum Gasteiger partial charge on any atom is 0.203 e. The van der Waals surface area contributed by atoms with Crippen molar-refractivity contribution in [2.75, 3.05) is 18.9 Å². The molecule has 0 bridgehead atoms. The van der Waals surface area contributed by atoms with Crippen molar-refractivity contribution in [2.24, 2.45) is 5.92 Å². The molecule has 1 aliphatic rings. The third-order valence-corrected chi connectivity index (χ3v) is 6.93. The van der Waals surface area contributed by atoms with E-state index in [9.17, 15) is 14.6 Å². The summed E-state index contributed by atoms with van der Waals surface area (Å²) in [5, 5.41) is 14.1. The van der Waals surface area contributed by atoms with Gasteiger partial charge in [0.05, 0.1) is 22.3 Å². The van der Waals surface area contributed by atoms with Gasteiger partial charge in [-0.25, -0.2) is 0 Å². The highest BCUT2D eigenvalue weighted by Crippen LogP contribution is 2.45. The van der Waals surface area contributed by atoms with E-state index in [1.165, 1.54) is 0 Å². The zero-order chi connectivity index (χ0) is 17.6. The van der Waals surface area contributed by atoms with E-state index in [1.54, 1.807) is 12.1 Å². The molecule has 2 unspecified atom stereocenters. The molecule has 1 aromatic carbocycles. The molecule has 0 fully saturated rings. The molecule has 4 nitrogen and oxygen atoms in total. The van der Waals surface area contributed by atoms with Crippen LogP contribution >= 0.6 is 30.6 Å². The van der Waals surface area contributed by atoms with Crippen molar-refractivity contribution in [3.05, 3.63) is 46.0 Å². The second-order valence-corrected chi connectivity index (χ2v) is 9.63. The number of hydrogen-bond acceptors (Lipinski definition) is 3. The molecule has 7 heteroatoms. The minimum Gasteiger partial charge on any atom is -0.391 e. The van der Waals surface area contributed by atoms with Crippen LogP contribution in [0.1, 0.15) is 24.8 Å². The lowest BCUT2D eigenvalue weighted by atomic mass is 9.96. The van der Waals surface area contributed by atoms with Crippen molar-refractivity contribution in [3.8, 4) is 0 Å². The zero-order valence-electron chi connectivity index (χ0n) is 13.5. The van der Waals surface area contributed by atoms with Crippen molar-refractivity contribution >= 4 is 30.6 Å². The molecule has 0 saturated heterocycles. The fraction of sp³-hybridized carbons (Fsp3) is 0.529. The average Bonchev–Trinajstić information content (AvgIpc) is 2.50. The molecule has 0 radical (unpaired) electrons. The summed E-state index contributed by atoms with van der Waals surface area (Å²) in [5.41, 5.74) is 0.942. The molecule has 0 spiro atoms. The standard InChI is InChI=1S/C17H24Cl2NO3P/c18-16-7-6-14(8-17(16)19)9-20-10-15(21)12-24(22,23)11-13-4-2-1-3-5-13/h1-2,6-8,13,15,20-21H,3-5,9-12H2,(H,22,23)/t13?,15-/m1/s1.